The maximum atomic E-state index is 13.5. The van der Waals surface area contributed by atoms with Gasteiger partial charge in [-0.2, -0.15) is 4.31 Å². The van der Waals surface area contributed by atoms with E-state index >= 15 is 0 Å². The zero-order chi connectivity index (χ0) is 25.5. The number of amides is 1. The molecule has 0 unspecified atom stereocenters. The van der Waals surface area contributed by atoms with Crippen LogP contribution in [0.2, 0.25) is 0 Å². The van der Waals surface area contributed by atoms with Crippen molar-refractivity contribution in [2.45, 2.75) is 18.7 Å². The molecular weight excluding hydrogens is 464 g/mol. The van der Waals surface area contributed by atoms with Crippen molar-refractivity contribution >= 4 is 33.6 Å². The van der Waals surface area contributed by atoms with Crippen LogP contribution in [0.4, 0.5) is 5.69 Å². The van der Waals surface area contributed by atoms with Gasteiger partial charge in [0, 0.05) is 19.3 Å². The van der Waals surface area contributed by atoms with Gasteiger partial charge in [0.1, 0.15) is 0 Å². The second-order valence-corrected chi connectivity index (χ2v) is 9.29. The number of ether oxygens (including phenoxy) is 3. The standard InChI is InChI=1S/C23H28N2O8S/c1-15-7-6-8-20(16(15)2)24-21(26)14-25(9-10-31-3)34(29,30)19-12-17(22(27)32-4)11-18(13-19)23(28)33-5/h6-8,11-13H,9-10,14H2,1-5H3,(H,24,26). The highest BCUT2D eigenvalue weighted by Gasteiger charge is 2.29. The van der Waals surface area contributed by atoms with Gasteiger partial charge in [-0.05, 0) is 49.2 Å². The van der Waals surface area contributed by atoms with E-state index in [2.05, 4.69) is 14.8 Å². The summed E-state index contributed by atoms with van der Waals surface area (Å²) in [6.45, 7) is 3.09. The second kappa shape index (κ2) is 11.7. The molecule has 0 aliphatic heterocycles. The Morgan fingerprint density at radius 3 is 2.06 bits per heavy atom. The third kappa shape index (κ3) is 6.40. The van der Waals surface area contributed by atoms with E-state index in [9.17, 15) is 22.8 Å². The highest BCUT2D eigenvalue weighted by Crippen LogP contribution is 2.22. The third-order valence-corrected chi connectivity index (χ3v) is 6.95. The summed E-state index contributed by atoms with van der Waals surface area (Å²) in [5, 5.41) is 2.72. The molecule has 0 aliphatic rings. The first-order valence-corrected chi connectivity index (χ1v) is 11.7. The number of hydrogen-bond donors (Lipinski definition) is 1. The highest BCUT2D eigenvalue weighted by atomic mass is 32.2. The Labute approximate surface area is 198 Å². The van der Waals surface area contributed by atoms with Gasteiger partial charge in [0.05, 0.1) is 43.4 Å². The Kier molecular flexibility index (Phi) is 9.30. The van der Waals surface area contributed by atoms with Crippen LogP contribution in [0, 0.1) is 13.8 Å². The first kappa shape index (κ1) is 27.0. The fraction of sp³-hybridized carbons (Fsp3) is 0.348. The van der Waals surface area contributed by atoms with E-state index in [1.54, 1.807) is 12.1 Å². The fourth-order valence-electron chi connectivity index (χ4n) is 3.08. The van der Waals surface area contributed by atoms with Crippen molar-refractivity contribution in [1.82, 2.24) is 4.31 Å². The van der Waals surface area contributed by atoms with Gasteiger partial charge < -0.3 is 19.5 Å². The quantitative estimate of drug-likeness (QED) is 0.500. The van der Waals surface area contributed by atoms with Crippen molar-refractivity contribution in [2.24, 2.45) is 0 Å². The third-order valence-electron chi connectivity index (χ3n) is 5.13. The maximum absolute atomic E-state index is 13.5. The van der Waals surface area contributed by atoms with E-state index in [-0.39, 0.29) is 29.2 Å². The SMILES string of the molecule is COCCN(CC(=O)Nc1cccc(C)c1C)S(=O)(=O)c1cc(C(=O)OC)cc(C(=O)OC)c1. The minimum Gasteiger partial charge on any atom is -0.465 e. The monoisotopic (exact) mass is 492 g/mol. The van der Waals surface area contributed by atoms with E-state index < -0.39 is 34.4 Å². The van der Waals surface area contributed by atoms with E-state index in [0.717, 1.165) is 41.8 Å². The van der Waals surface area contributed by atoms with Crippen molar-refractivity contribution in [1.29, 1.82) is 0 Å². The lowest BCUT2D eigenvalue weighted by atomic mass is 10.1. The lowest BCUT2D eigenvalue weighted by Gasteiger charge is -2.22. The zero-order valence-electron chi connectivity index (χ0n) is 19.7. The van der Waals surface area contributed by atoms with Crippen molar-refractivity contribution in [3.8, 4) is 0 Å². The van der Waals surface area contributed by atoms with Gasteiger partial charge in [0.2, 0.25) is 15.9 Å². The summed E-state index contributed by atoms with van der Waals surface area (Å²) in [6, 6.07) is 8.73. The summed E-state index contributed by atoms with van der Waals surface area (Å²) >= 11 is 0. The Bertz CT molecular complexity index is 1140. The molecule has 0 atom stereocenters. The summed E-state index contributed by atoms with van der Waals surface area (Å²) in [7, 11) is -0.676. The van der Waals surface area contributed by atoms with E-state index in [1.807, 2.05) is 19.9 Å². The summed E-state index contributed by atoms with van der Waals surface area (Å²) in [4.78, 5) is 36.5. The number of benzene rings is 2. The van der Waals surface area contributed by atoms with Gasteiger partial charge >= 0.3 is 11.9 Å². The molecule has 0 heterocycles. The molecule has 0 fully saturated rings. The number of carbonyl (C=O) groups is 3. The molecule has 1 N–H and O–H groups in total. The first-order chi connectivity index (χ1) is 16.0. The molecule has 0 spiro atoms. The van der Waals surface area contributed by atoms with Gasteiger partial charge in [-0.1, -0.05) is 12.1 Å². The highest BCUT2D eigenvalue weighted by molar-refractivity contribution is 7.89. The van der Waals surface area contributed by atoms with Crippen LogP contribution in [-0.4, -0.2) is 71.6 Å². The second-order valence-electron chi connectivity index (χ2n) is 7.36. The number of esters is 2. The van der Waals surface area contributed by atoms with Gasteiger partial charge in [-0.3, -0.25) is 4.79 Å². The number of aryl methyl sites for hydroxylation is 1. The fourth-order valence-corrected chi connectivity index (χ4v) is 4.53. The maximum Gasteiger partial charge on any atom is 0.337 e. The molecule has 0 bridgehead atoms. The van der Waals surface area contributed by atoms with Crippen molar-refractivity contribution < 1.29 is 37.0 Å². The van der Waals surface area contributed by atoms with Crippen molar-refractivity contribution in [2.75, 3.05) is 46.3 Å². The van der Waals surface area contributed by atoms with Gasteiger partial charge in [-0.15, -0.1) is 0 Å². The Balaban J connectivity index is 2.44. The summed E-state index contributed by atoms with van der Waals surface area (Å²) in [6.07, 6.45) is 0. The van der Waals surface area contributed by atoms with E-state index in [1.165, 1.54) is 13.2 Å². The molecule has 2 aromatic carbocycles. The largest absolute Gasteiger partial charge is 0.465 e. The van der Waals surface area contributed by atoms with Crippen LogP contribution in [0.5, 0.6) is 0 Å². The number of methoxy groups -OCH3 is 3. The first-order valence-electron chi connectivity index (χ1n) is 10.2. The van der Waals surface area contributed by atoms with Crippen LogP contribution in [0.3, 0.4) is 0 Å². The smallest absolute Gasteiger partial charge is 0.337 e. The number of anilines is 1. The number of rotatable bonds is 10. The van der Waals surface area contributed by atoms with E-state index in [0.29, 0.717) is 5.69 Å². The molecule has 0 saturated heterocycles. The Hall–Kier alpha value is -3.28. The molecule has 11 heteroatoms. The molecule has 0 saturated carbocycles. The molecule has 0 radical (unpaired) electrons. The number of nitrogens with zero attached hydrogens (tertiary/aromatic N) is 1. The number of sulfonamides is 1. The van der Waals surface area contributed by atoms with E-state index in [4.69, 9.17) is 4.74 Å². The molecule has 0 aromatic heterocycles. The Morgan fingerprint density at radius 1 is 0.941 bits per heavy atom. The average Bonchev–Trinajstić information content (AvgIpc) is 2.83. The molecule has 0 aliphatic carbocycles. The molecule has 184 valence electrons. The average molecular weight is 493 g/mol. The molecule has 10 nitrogen and oxygen atoms in total. The zero-order valence-corrected chi connectivity index (χ0v) is 20.5. The normalized spacial score (nSPS) is 11.2. The summed E-state index contributed by atoms with van der Waals surface area (Å²) in [5.41, 5.74) is 2.08. The minimum atomic E-state index is -4.33. The summed E-state index contributed by atoms with van der Waals surface area (Å²) in [5.74, 6) is -2.23. The molecular formula is C23H28N2O8S. The predicted molar refractivity (Wildman–Crippen MR) is 124 cm³/mol. The summed E-state index contributed by atoms with van der Waals surface area (Å²) < 4.78 is 42.2. The topological polar surface area (TPSA) is 128 Å². The number of carbonyl (C=O) groups excluding carboxylic acids is 3. The minimum absolute atomic E-state index is 0.0105. The predicted octanol–water partition coefficient (Wildman–Crippen LogP) is 2.15. The van der Waals surface area contributed by atoms with Crippen LogP contribution >= 0.6 is 0 Å². The molecule has 2 aromatic rings. The van der Waals surface area contributed by atoms with Gasteiger partial charge in [0.25, 0.3) is 0 Å². The number of nitrogens with one attached hydrogen (secondary N) is 1. The lowest BCUT2D eigenvalue weighted by Crippen LogP contribution is -2.40. The van der Waals surface area contributed by atoms with Crippen molar-refractivity contribution in [3.63, 3.8) is 0 Å². The van der Waals surface area contributed by atoms with Crippen LogP contribution in [0.15, 0.2) is 41.3 Å². The molecule has 2 rings (SSSR count). The Morgan fingerprint density at radius 2 is 1.53 bits per heavy atom. The van der Waals surface area contributed by atoms with Gasteiger partial charge in [-0.25, -0.2) is 18.0 Å². The number of hydrogen-bond acceptors (Lipinski definition) is 8. The molecule has 34 heavy (non-hydrogen) atoms. The van der Waals surface area contributed by atoms with Crippen LogP contribution in [0.1, 0.15) is 31.8 Å². The van der Waals surface area contributed by atoms with Crippen LogP contribution in [0.25, 0.3) is 0 Å². The van der Waals surface area contributed by atoms with Crippen LogP contribution in [-0.2, 0) is 29.0 Å². The van der Waals surface area contributed by atoms with Gasteiger partial charge in [0.15, 0.2) is 0 Å². The molecule has 1 amide bonds. The lowest BCUT2D eigenvalue weighted by molar-refractivity contribution is -0.116. The van der Waals surface area contributed by atoms with Crippen molar-refractivity contribution in [3.05, 3.63) is 58.7 Å². The van der Waals surface area contributed by atoms with Crippen LogP contribution < -0.4 is 5.32 Å².